The topological polar surface area (TPSA) is 77.5 Å². The van der Waals surface area contributed by atoms with Crippen LogP contribution in [-0.4, -0.2) is 36.7 Å². The van der Waals surface area contributed by atoms with Crippen LogP contribution in [0.1, 0.15) is 30.8 Å². The van der Waals surface area contributed by atoms with Crippen molar-refractivity contribution in [1.82, 2.24) is 4.98 Å². The van der Waals surface area contributed by atoms with E-state index in [1.54, 1.807) is 13.0 Å². The van der Waals surface area contributed by atoms with Crippen LogP contribution in [0.4, 0.5) is 5.69 Å². The fourth-order valence-corrected chi connectivity index (χ4v) is 2.26. The fourth-order valence-electron chi connectivity index (χ4n) is 2.26. The van der Waals surface area contributed by atoms with Crippen LogP contribution < -0.4 is 5.32 Å². The summed E-state index contributed by atoms with van der Waals surface area (Å²) in [5.41, 5.74) is 1.28. The monoisotopic (exact) mass is 316 g/mol. The van der Waals surface area contributed by atoms with E-state index < -0.39 is 12.1 Å². The number of aromatic nitrogens is 1. The van der Waals surface area contributed by atoms with E-state index in [1.165, 1.54) is 13.2 Å². The number of hydrogen-bond donors (Lipinski definition) is 1. The van der Waals surface area contributed by atoms with E-state index in [1.807, 2.05) is 25.1 Å². The van der Waals surface area contributed by atoms with E-state index in [0.29, 0.717) is 17.6 Å². The molecular weight excluding hydrogens is 296 g/mol. The minimum Gasteiger partial charge on any atom is -0.461 e. The van der Waals surface area contributed by atoms with Gasteiger partial charge in [-0.2, -0.15) is 0 Å². The number of amides is 1. The summed E-state index contributed by atoms with van der Waals surface area (Å²) in [6, 6.07) is 8.81. The lowest BCUT2D eigenvalue weighted by atomic mass is 10.1. The molecule has 0 saturated carbocycles. The average Bonchev–Trinajstić information content (AvgIpc) is 2.56. The molecular formula is C17H20N2O4. The highest BCUT2D eigenvalue weighted by molar-refractivity contribution is 6.04. The molecule has 0 spiro atoms. The van der Waals surface area contributed by atoms with Crippen LogP contribution in [-0.2, 0) is 14.3 Å². The highest BCUT2D eigenvalue weighted by Crippen LogP contribution is 2.24. The van der Waals surface area contributed by atoms with E-state index in [9.17, 15) is 9.59 Å². The van der Waals surface area contributed by atoms with Crippen LogP contribution in [0.2, 0.25) is 0 Å². The Morgan fingerprint density at radius 2 is 2.00 bits per heavy atom. The molecule has 23 heavy (non-hydrogen) atoms. The first kappa shape index (κ1) is 16.9. The zero-order chi connectivity index (χ0) is 16.8. The van der Waals surface area contributed by atoms with Crippen molar-refractivity contribution in [2.75, 3.05) is 19.0 Å². The van der Waals surface area contributed by atoms with Crippen molar-refractivity contribution in [2.45, 2.75) is 26.4 Å². The Hall–Kier alpha value is -2.47. The highest BCUT2D eigenvalue weighted by Gasteiger charge is 2.18. The number of nitrogens with zero attached hydrogens (tertiary/aromatic N) is 1. The van der Waals surface area contributed by atoms with Crippen molar-refractivity contribution in [3.8, 4) is 0 Å². The largest absolute Gasteiger partial charge is 0.461 e. The number of fused-ring (bicyclic) bond motifs is 1. The maximum Gasteiger partial charge on any atom is 0.357 e. The quantitative estimate of drug-likeness (QED) is 0.829. The second-order valence-corrected chi connectivity index (χ2v) is 4.91. The summed E-state index contributed by atoms with van der Waals surface area (Å²) in [7, 11) is 1.49. The number of carbonyl (C=O) groups excluding carboxylic acids is 2. The van der Waals surface area contributed by atoms with Gasteiger partial charge in [-0.3, -0.25) is 4.79 Å². The smallest absolute Gasteiger partial charge is 0.357 e. The number of esters is 1. The van der Waals surface area contributed by atoms with Crippen LogP contribution in [0.15, 0.2) is 30.3 Å². The predicted molar refractivity (Wildman–Crippen MR) is 87.4 cm³/mol. The summed E-state index contributed by atoms with van der Waals surface area (Å²) in [4.78, 5) is 28.5. The first-order valence-electron chi connectivity index (χ1n) is 7.51. The lowest BCUT2D eigenvalue weighted by molar-refractivity contribution is -0.125. The first-order valence-corrected chi connectivity index (χ1v) is 7.51. The molecule has 1 atom stereocenters. The van der Waals surface area contributed by atoms with Crippen LogP contribution >= 0.6 is 0 Å². The second kappa shape index (κ2) is 7.69. The van der Waals surface area contributed by atoms with E-state index in [-0.39, 0.29) is 18.2 Å². The fraction of sp³-hybridized carbons (Fsp3) is 0.353. The highest BCUT2D eigenvalue weighted by atomic mass is 16.5. The number of para-hydroxylation sites is 1. The van der Waals surface area contributed by atoms with Gasteiger partial charge in [-0.15, -0.1) is 0 Å². The zero-order valence-electron chi connectivity index (χ0n) is 13.5. The molecule has 0 bridgehead atoms. The van der Waals surface area contributed by atoms with Crippen molar-refractivity contribution in [1.29, 1.82) is 0 Å². The Balaban J connectivity index is 2.44. The summed E-state index contributed by atoms with van der Waals surface area (Å²) >= 11 is 0. The Morgan fingerprint density at radius 3 is 2.65 bits per heavy atom. The molecule has 1 unspecified atom stereocenters. The van der Waals surface area contributed by atoms with Gasteiger partial charge < -0.3 is 14.8 Å². The van der Waals surface area contributed by atoms with Crippen molar-refractivity contribution >= 4 is 28.5 Å². The molecule has 0 aliphatic heterocycles. The lowest BCUT2D eigenvalue weighted by Gasteiger charge is -2.15. The minimum absolute atomic E-state index is 0.159. The van der Waals surface area contributed by atoms with Gasteiger partial charge in [0.25, 0.3) is 5.91 Å². The number of methoxy groups -OCH3 is 1. The van der Waals surface area contributed by atoms with Crippen molar-refractivity contribution in [2.24, 2.45) is 0 Å². The molecule has 6 heteroatoms. The summed E-state index contributed by atoms with van der Waals surface area (Å²) in [5, 5.41) is 3.56. The van der Waals surface area contributed by atoms with Gasteiger partial charge in [0.1, 0.15) is 6.10 Å². The molecule has 2 rings (SSSR count). The first-order chi connectivity index (χ1) is 11.1. The van der Waals surface area contributed by atoms with E-state index in [2.05, 4.69) is 10.3 Å². The van der Waals surface area contributed by atoms with E-state index >= 15 is 0 Å². The van der Waals surface area contributed by atoms with Crippen molar-refractivity contribution in [3.63, 3.8) is 0 Å². The number of nitrogens with one attached hydrogen (secondary N) is 1. The Kier molecular flexibility index (Phi) is 5.65. The number of pyridine rings is 1. The maximum atomic E-state index is 12.3. The van der Waals surface area contributed by atoms with Gasteiger partial charge in [0.05, 0.1) is 17.8 Å². The predicted octanol–water partition coefficient (Wildman–Crippen LogP) is 2.78. The van der Waals surface area contributed by atoms with Crippen molar-refractivity contribution in [3.05, 3.63) is 36.0 Å². The van der Waals surface area contributed by atoms with Gasteiger partial charge in [0, 0.05) is 12.5 Å². The van der Waals surface area contributed by atoms with Gasteiger partial charge >= 0.3 is 5.97 Å². The lowest BCUT2D eigenvalue weighted by Crippen LogP contribution is -2.29. The maximum absolute atomic E-state index is 12.3. The van der Waals surface area contributed by atoms with Crippen LogP contribution in [0.25, 0.3) is 10.9 Å². The summed E-state index contributed by atoms with van der Waals surface area (Å²) in [5.74, 6) is -0.784. The minimum atomic E-state index is -0.548. The Morgan fingerprint density at radius 1 is 1.26 bits per heavy atom. The number of benzene rings is 1. The number of hydrogen-bond acceptors (Lipinski definition) is 5. The molecule has 0 aliphatic carbocycles. The van der Waals surface area contributed by atoms with E-state index in [4.69, 9.17) is 9.47 Å². The molecule has 1 heterocycles. The third-order valence-corrected chi connectivity index (χ3v) is 3.41. The number of ether oxygens (including phenoxy) is 2. The van der Waals surface area contributed by atoms with Crippen molar-refractivity contribution < 1.29 is 19.1 Å². The van der Waals surface area contributed by atoms with Gasteiger partial charge in [0.15, 0.2) is 5.69 Å². The van der Waals surface area contributed by atoms with Gasteiger partial charge in [-0.05, 0) is 25.5 Å². The SMILES string of the molecule is CCOC(=O)c1cc(NC(=O)C(CC)OC)c2ccccc2n1. The zero-order valence-corrected chi connectivity index (χ0v) is 13.5. The molecule has 1 amide bonds. The molecule has 122 valence electrons. The normalized spacial score (nSPS) is 12.0. The Labute approximate surface area is 134 Å². The number of anilines is 1. The standard InChI is InChI=1S/C17H20N2O4/c1-4-15(22-3)16(20)19-13-10-14(17(21)23-5-2)18-12-9-7-6-8-11(12)13/h6-10,15H,4-5H2,1-3H3,(H,18,19,20). The number of rotatable bonds is 6. The van der Waals surface area contributed by atoms with Crippen LogP contribution in [0.5, 0.6) is 0 Å². The molecule has 1 N–H and O–H groups in total. The summed E-state index contributed by atoms with van der Waals surface area (Å²) in [6.07, 6.45) is 0.00349. The molecule has 0 saturated heterocycles. The molecule has 0 radical (unpaired) electrons. The average molecular weight is 316 g/mol. The second-order valence-electron chi connectivity index (χ2n) is 4.91. The number of carbonyl (C=O) groups is 2. The third kappa shape index (κ3) is 3.84. The van der Waals surface area contributed by atoms with E-state index in [0.717, 1.165) is 5.39 Å². The Bertz CT molecular complexity index is 711. The van der Waals surface area contributed by atoms with Crippen LogP contribution in [0.3, 0.4) is 0 Å². The third-order valence-electron chi connectivity index (χ3n) is 3.41. The van der Waals surface area contributed by atoms with Gasteiger partial charge in [-0.25, -0.2) is 9.78 Å². The molecule has 1 aromatic carbocycles. The van der Waals surface area contributed by atoms with Gasteiger partial charge in [-0.1, -0.05) is 25.1 Å². The molecule has 6 nitrogen and oxygen atoms in total. The van der Waals surface area contributed by atoms with Crippen LogP contribution in [0, 0.1) is 0 Å². The summed E-state index contributed by atoms with van der Waals surface area (Å²) < 4.78 is 10.1. The molecule has 1 aromatic heterocycles. The molecule has 0 fully saturated rings. The summed E-state index contributed by atoms with van der Waals surface area (Å²) in [6.45, 7) is 3.85. The van der Waals surface area contributed by atoms with Gasteiger partial charge in [0.2, 0.25) is 0 Å². The molecule has 0 aliphatic rings. The molecule has 2 aromatic rings.